The van der Waals surface area contributed by atoms with Gasteiger partial charge in [-0.15, -0.1) is 0 Å². The molecule has 1 heterocycles. The molecule has 4 rings (SSSR count). The van der Waals surface area contributed by atoms with Crippen molar-refractivity contribution in [1.29, 1.82) is 0 Å². The number of fused-ring (bicyclic) bond motifs is 2. The van der Waals surface area contributed by atoms with Gasteiger partial charge in [0, 0.05) is 6.61 Å². The molecule has 1 aliphatic heterocycles. The Kier molecular flexibility index (Phi) is 7.72. The maximum absolute atomic E-state index is 10.9. The topological polar surface area (TPSA) is 58.9 Å². The third kappa shape index (κ3) is 5.20. The average Bonchev–Trinajstić information content (AvgIpc) is 3.06. The summed E-state index contributed by atoms with van der Waals surface area (Å²) < 4.78 is 12.3. The zero-order chi connectivity index (χ0) is 20.9. The van der Waals surface area contributed by atoms with Gasteiger partial charge in [0.1, 0.15) is 5.75 Å². The highest BCUT2D eigenvalue weighted by atomic mass is 16.7. The Morgan fingerprint density at radius 2 is 2.07 bits per heavy atom. The molecule has 1 saturated heterocycles. The fraction of sp³-hybridized carbons (Fsp3) is 0.769. The molecule has 1 saturated carbocycles. The number of hydrogen-bond donors (Lipinski definition) is 2. The third-order valence-electron chi connectivity index (χ3n) is 7.80. The lowest BCUT2D eigenvalue weighted by Gasteiger charge is -2.33. The Labute approximate surface area is 182 Å². The van der Waals surface area contributed by atoms with Crippen LogP contribution in [0.15, 0.2) is 18.2 Å². The Morgan fingerprint density at radius 3 is 2.87 bits per heavy atom. The smallest absolute Gasteiger partial charge is 0.157 e. The highest BCUT2D eigenvalue weighted by Crippen LogP contribution is 2.48. The van der Waals surface area contributed by atoms with E-state index in [-0.39, 0.29) is 18.5 Å². The molecule has 4 nitrogen and oxygen atoms in total. The van der Waals surface area contributed by atoms with Gasteiger partial charge in [0.15, 0.2) is 6.29 Å². The van der Waals surface area contributed by atoms with Gasteiger partial charge in [-0.05, 0) is 92.7 Å². The van der Waals surface area contributed by atoms with Gasteiger partial charge in [-0.2, -0.15) is 0 Å². The summed E-state index contributed by atoms with van der Waals surface area (Å²) in [5.74, 6) is 1.79. The van der Waals surface area contributed by atoms with E-state index in [9.17, 15) is 10.2 Å². The maximum Gasteiger partial charge on any atom is 0.157 e. The van der Waals surface area contributed by atoms with E-state index in [0.29, 0.717) is 23.5 Å². The fourth-order valence-electron chi connectivity index (χ4n) is 6.13. The van der Waals surface area contributed by atoms with Crippen LogP contribution in [0, 0.1) is 17.8 Å². The van der Waals surface area contributed by atoms with Crippen LogP contribution in [0.2, 0.25) is 0 Å². The van der Waals surface area contributed by atoms with Crippen LogP contribution in [0.4, 0.5) is 0 Å². The quantitative estimate of drug-likeness (QED) is 0.531. The number of aliphatic hydroxyl groups excluding tert-OH is 1. The van der Waals surface area contributed by atoms with Crippen molar-refractivity contribution in [2.75, 3.05) is 6.61 Å². The minimum Gasteiger partial charge on any atom is -0.508 e. The van der Waals surface area contributed by atoms with E-state index >= 15 is 0 Å². The van der Waals surface area contributed by atoms with Crippen molar-refractivity contribution in [2.45, 2.75) is 102 Å². The molecule has 0 bridgehead atoms. The number of rotatable bonds is 9. The lowest BCUT2D eigenvalue weighted by atomic mass is 9.73. The summed E-state index contributed by atoms with van der Waals surface area (Å²) in [6, 6.07) is 5.91. The van der Waals surface area contributed by atoms with E-state index in [1.165, 1.54) is 31.2 Å². The van der Waals surface area contributed by atoms with Crippen molar-refractivity contribution < 1.29 is 19.7 Å². The Morgan fingerprint density at radius 1 is 1.17 bits per heavy atom. The Balaban J connectivity index is 1.37. The van der Waals surface area contributed by atoms with Crippen molar-refractivity contribution in [3.8, 4) is 5.75 Å². The molecule has 0 amide bonds. The number of benzene rings is 1. The predicted molar refractivity (Wildman–Crippen MR) is 118 cm³/mol. The molecule has 3 aliphatic rings. The third-order valence-corrected chi connectivity index (χ3v) is 7.80. The van der Waals surface area contributed by atoms with Gasteiger partial charge in [-0.3, -0.25) is 0 Å². The van der Waals surface area contributed by atoms with Gasteiger partial charge >= 0.3 is 0 Å². The molecule has 2 aliphatic carbocycles. The summed E-state index contributed by atoms with van der Waals surface area (Å²) in [7, 11) is 0. The maximum atomic E-state index is 10.9. The number of aliphatic hydroxyl groups is 1. The van der Waals surface area contributed by atoms with E-state index in [0.717, 1.165) is 63.5 Å². The molecule has 0 radical (unpaired) electrons. The largest absolute Gasteiger partial charge is 0.508 e. The molecule has 0 aromatic heterocycles. The molecule has 6 atom stereocenters. The van der Waals surface area contributed by atoms with Crippen LogP contribution in [-0.4, -0.2) is 35.3 Å². The Bertz CT molecular complexity index is 669. The molecular weight excluding hydrogens is 376 g/mol. The van der Waals surface area contributed by atoms with Gasteiger partial charge in [0.2, 0.25) is 0 Å². The van der Waals surface area contributed by atoms with Crippen molar-refractivity contribution >= 4 is 0 Å². The second-order valence-corrected chi connectivity index (χ2v) is 9.84. The number of unbranched alkanes of at least 4 members (excludes halogenated alkanes) is 2. The first-order valence-corrected chi connectivity index (χ1v) is 12.4. The van der Waals surface area contributed by atoms with Crippen LogP contribution in [-0.2, 0) is 22.3 Å². The van der Waals surface area contributed by atoms with Gasteiger partial charge in [0.25, 0.3) is 0 Å². The zero-order valence-electron chi connectivity index (χ0n) is 18.6. The fourth-order valence-corrected chi connectivity index (χ4v) is 6.13. The van der Waals surface area contributed by atoms with E-state index in [2.05, 4.69) is 13.0 Å². The predicted octanol–water partition coefficient (Wildman–Crippen LogP) is 5.38. The van der Waals surface area contributed by atoms with Crippen molar-refractivity contribution in [2.24, 2.45) is 17.8 Å². The lowest BCUT2D eigenvalue weighted by molar-refractivity contribution is -0.191. The first kappa shape index (κ1) is 22.1. The first-order chi connectivity index (χ1) is 14.7. The minimum absolute atomic E-state index is 0.0313. The van der Waals surface area contributed by atoms with E-state index in [1.54, 1.807) is 6.07 Å². The second-order valence-electron chi connectivity index (χ2n) is 9.84. The summed E-state index contributed by atoms with van der Waals surface area (Å²) in [4.78, 5) is 0. The molecule has 1 aromatic rings. The van der Waals surface area contributed by atoms with Crippen LogP contribution < -0.4 is 0 Å². The number of phenolic OH excluding ortho intramolecular Hbond substituents is 1. The molecule has 0 spiro atoms. The van der Waals surface area contributed by atoms with Crippen LogP contribution >= 0.6 is 0 Å². The second kappa shape index (κ2) is 10.5. The SMILES string of the molecule is CCCCCC(CC[C@@H]1[C@H]2Cc3cccc(O)c3C[C@H]2C[C@H]1O)OC1CCCCO1. The van der Waals surface area contributed by atoms with E-state index in [4.69, 9.17) is 9.47 Å². The number of aromatic hydroxyl groups is 1. The van der Waals surface area contributed by atoms with E-state index < -0.39 is 0 Å². The molecule has 30 heavy (non-hydrogen) atoms. The van der Waals surface area contributed by atoms with Crippen LogP contribution in [0.25, 0.3) is 0 Å². The monoisotopic (exact) mass is 416 g/mol. The van der Waals surface area contributed by atoms with Crippen molar-refractivity contribution in [1.82, 2.24) is 0 Å². The summed E-state index contributed by atoms with van der Waals surface area (Å²) >= 11 is 0. The van der Waals surface area contributed by atoms with E-state index in [1.807, 2.05) is 6.07 Å². The molecule has 1 aromatic carbocycles. The summed E-state index contributed by atoms with van der Waals surface area (Å²) in [6.45, 7) is 3.07. The average molecular weight is 417 g/mol. The molecule has 168 valence electrons. The number of ether oxygens (including phenoxy) is 2. The van der Waals surface area contributed by atoms with Crippen LogP contribution in [0.5, 0.6) is 5.75 Å². The van der Waals surface area contributed by atoms with Crippen LogP contribution in [0.1, 0.15) is 82.3 Å². The molecule has 4 heteroatoms. The number of phenols is 1. The normalized spacial score (nSPS) is 31.9. The summed E-state index contributed by atoms with van der Waals surface area (Å²) in [5.41, 5.74) is 2.39. The van der Waals surface area contributed by atoms with Gasteiger partial charge in [-0.25, -0.2) is 0 Å². The van der Waals surface area contributed by atoms with Gasteiger partial charge < -0.3 is 19.7 Å². The molecule has 2 unspecified atom stereocenters. The summed E-state index contributed by atoms with van der Waals surface area (Å²) in [5, 5.41) is 21.1. The standard InChI is InChI=1S/C26H40O4/c1-2-3-4-9-20(30-26-11-5-6-14-29-26)12-13-21-22-15-18-8-7-10-24(27)23(18)16-19(22)17-25(21)28/h7-8,10,19-22,25-28H,2-6,9,11-17H2,1H3/t19-,20?,21+,22-,25+,26?/m0/s1. The first-order valence-electron chi connectivity index (χ1n) is 12.4. The van der Waals surface area contributed by atoms with Crippen molar-refractivity contribution in [3.05, 3.63) is 29.3 Å². The lowest BCUT2D eigenvalue weighted by Crippen LogP contribution is -2.30. The highest BCUT2D eigenvalue weighted by molar-refractivity contribution is 5.42. The minimum atomic E-state index is -0.223. The Hall–Kier alpha value is -1.10. The van der Waals surface area contributed by atoms with Gasteiger partial charge in [-0.1, -0.05) is 38.3 Å². The van der Waals surface area contributed by atoms with Gasteiger partial charge in [0.05, 0.1) is 12.2 Å². The molecule has 2 fully saturated rings. The number of hydrogen-bond acceptors (Lipinski definition) is 4. The zero-order valence-corrected chi connectivity index (χ0v) is 18.6. The molecule has 2 N–H and O–H groups in total. The van der Waals surface area contributed by atoms with Crippen molar-refractivity contribution in [3.63, 3.8) is 0 Å². The molecular formula is C26H40O4. The highest BCUT2D eigenvalue weighted by Gasteiger charge is 2.44. The summed E-state index contributed by atoms with van der Waals surface area (Å²) in [6.07, 6.45) is 12.9. The van der Waals surface area contributed by atoms with Crippen LogP contribution in [0.3, 0.4) is 0 Å².